The van der Waals surface area contributed by atoms with E-state index in [1.54, 1.807) is 0 Å². The molecule has 0 radical (unpaired) electrons. The number of hydrogen-bond donors (Lipinski definition) is 1. The fourth-order valence-electron chi connectivity index (χ4n) is 1.53. The molecule has 0 rings (SSSR count). The Morgan fingerprint density at radius 1 is 1.00 bits per heavy atom. The molecule has 1 N–H and O–H groups in total. The van der Waals surface area contributed by atoms with Crippen molar-refractivity contribution in [3.8, 4) is 0 Å². The van der Waals surface area contributed by atoms with Crippen molar-refractivity contribution in [3.63, 3.8) is 0 Å². The summed E-state index contributed by atoms with van der Waals surface area (Å²) in [6, 6.07) is 0.596. The van der Waals surface area contributed by atoms with Crippen molar-refractivity contribution >= 4 is 0 Å². The summed E-state index contributed by atoms with van der Waals surface area (Å²) < 4.78 is 0. The molecule has 1 heteroatoms. The zero-order valence-corrected chi connectivity index (χ0v) is 10.4. The molecule has 0 saturated carbocycles. The Hall–Kier alpha value is -0.0400. The summed E-state index contributed by atoms with van der Waals surface area (Å²) in [5, 5.41) is 3.52. The van der Waals surface area contributed by atoms with Crippen LogP contribution in [0.5, 0.6) is 0 Å². The molecule has 0 heterocycles. The Kier molecular flexibility index (Phi) is 4.98. The third-order valence-corrected chi connectivity index (χ3v) is 3.20. The minimum Gasteiger partial charge on any atom is -0.314 e. The zero-order chi connectivity index (χ0) is 10.6. The SMILES string of the molecule is CC(C)NCC(C)(C)C(C)C(C)C. The van der Waals surface area contributed by atoms with Crippen molar-refractivity contribution in [2.24, 2.45) is 17.3 Å². The van der Waals surface area contributed by atoms with Crippen LogP contribution in [-0.4, -0.2) is 12.6 Å². The maximum atomic E-state index is 3.52. The van der Waals surface area contributed by atoms with E-state index in [1.807, 2.05) is 0 Å². The van der Waals surface area contributed by atoms with Crippen LogP contribution in [0.1, 0.15) is 48.5 Å². The predicted octanol–water partition coefficient (Wildman–Crippen LogP) is 3.30. The van der Waals surface area contributed by atoms with E-state index in [-0.39, 0.29) is 0 Å². The summed E-state index contributed by atoms with van der Waals surface area (Å²) >= 11 is 0. The second-order valence-corrected chi connectivity index (χ2v) is 5.56. The highest BCUT2D eigenvalue weighted by atomic mass is 14.9. The molecule has 80 valence electrons. The van der Waals surface area contributed by atoms with Gasteiger partial charge in [-0.1, -0.05) is 48.5 Å². The Bertz CT molecular complexity index is 136. The van der Waals surface area contributed by atoms with Crippen LogP contribution < -0.4 is 5.32 Å². The minimum atomic E-state index is 0.401. The first-order valence-corrected chi connectivity index (χ1v) is 5.50. The monoisotopic (exact) mass is 185 g/mol. The molecular weight excluding hydrogens is 158 g/mol. The van der Waals surface area contributed by atoms with Crippen LogP contribution >= 0.6 is 0 Å². The van der Waals surface area contributed by atoms with Gasteiger partial charge in [0.05, 0.1) is 0 Å². The molecule has 0 fully saturated rings. The van der Waals surface area contributed by atoms with Crippen molar-refractivity contribution in [2.45, 2.75) is 54.5 Å². The lowest BCUT2D eigenvalue weighted by molar-refractivity contribution is 0.166. The van der Waals surface area contributed by atoms with Crippen LogP contribution in [-0.2, 0) is 0 Å². The highest BCUT2D eigenvalue weighted by Crippen LogP contribution is 2.31. The molecule has 0 aromatic carbocycles. The molecular formula is C12H27N. The predicted molar refractivity (Wildman–Crippen MR) is 60.9 cm³/mol. The largest absolute Gasteiger partial charge is 0.314 e. The molecule has 0 bridgehead atoms. The highest BCUT2D eigenvalue weighted by Gasteiger charge is 2.27. The standard InChI is InChI=1S/C12H27N/c1-9(2)11(5)12(6,7)8-13-10(3)4/h9-11,13H,8H2,1-7H3. The van der Waals surface area contributed by atoms with Crippen LogP contribution in [0, 0.1) is 17.3 Å². The molecule has 0 aromatic heterocycles. The minimum absolute atomic E-state index is 0.401. The van der Waals surface area contributed by atoms with E-state index in [2.05, 4.69) is 53.8 Å². The first-order chi connectivity index (χ1) is 5.77. The Labute approximate surface area is 84.3 Å². The second kappa shape index (κ2) is 4.99. The van der Waals surface area contributed by atoms with Crippen LogP contribution in [0.4, 0.5) is 0 Å². The van der Waals surface area contributed by atoms with Gasteiger partial charge in [0.25, 0.3) is 0 Å². The number of hydrogen-bond acceptors (Lipinski definition) is 1. The summed E-state index contributed by atoms with van der Waals surface area (Å²) in [5.74, 6) is 1.53. The maximum Gasteiger partial charge on any atom is 0.00106 e. The first-order valence-electron chi connectivity index (χ1n) is 5.50. The lowest BCUT2D eigenvalue weighted by Crippen LogP contribution is -2.39. The van der Waals surface area contributed by atoms with E-state index in [4.69, 9.17) is 0 Å². The van der Waals surface area contributed by atoms with Gasteiger partial charge in [-0.2, -0.15) is 0 Å². The summed E-state index contributed by atoms with van der Waals surface area (Å²) in [4.78, 5) is 0. The summed E-state index contributed by atoms with van der Waals surface area (Å²) in [6.07, 6.45) is 0. The molecule has 0 aliphatic carbocycles. The van der Waals surface area contributed by atoms with Crippen molar-refractivity contribution < 1.29 is 0 Å². The highest BCUT2D eigenvalue weighted by molar-refractivity contribution is 4.80. The van der Waals surface area contributed by atoms with Crippen LogP contribution in [0.25, 0.3) is 0 Å². The fraction of sp³-hybridized carbons (Fsp3) is 1.00. The lowest BCUT2D eigenvalue weighted by atomic mass is 9.74. The molecule has 0 aliphatic heterocycles. The Morgan fingerprint density at radius 2 is 1.46 bits per heavy atom. The van der Waals surface area contributed by atoms with Crippen LogP contribution in [0.2, 0.25) is 0 Å². The van der Waals surface area contributed by atoms with Crippen molar-refractivity contribution in [3.05, 3.63) is 0 Å². The Morgan fingerprint density at radius 3 is 1.77 bits per heavy atom. The van der Waals surface area contributed by atoms with E-state index in [1.165, 1.54) is 0 Å². The maximum absolute atomic E-state index is 3.52. The zero-order valence-electron chi connectivity index (χ0n) is 10.4. The third-order valence-electron chi connectivity index (χ3n) is 3.20. The van der Waals surface area contributed by atoms with Gasteiger partial charge >= 0.3 is 0 Å². The van der Waals surface area contributed by atoms with E-state index in [9.17, 15) is 0 Å². The van der Waals surface area contributed by atoms with Crippen molar-refractivity contribution in [1.29, 1.82) is 0 Å². The van der Waals surface area contributed by atoms with Gasteiger partial charge in [0.1, 0.15) is 0 Å². The molecule has 0 saturated heterocycles. The van der Waals surface area contributed by atoms with Crippen molar-refractivity contribution in [2.75, 3.05) is 6.54 Å². The van der Waals surface area contributed by atoms with Crippen LogP contribution in [0.3, 0.4) is 0 Å². The number of rotatable bonds is 5. The van der Waals surface area contributed by atoms with Gasteiger partial charge in [-0.25, -0.2) is 0 Å². The molecule has 0 spiro atoms. The fourth-order valence-corrected chi connectivity index (χ4v) is 1.53. The molecule has 1 unspecified atom stereocenters. The van der Waals surface area contributed by atoms with Gasteiger partial charge in [0, 0.05) is 12.6 Å². The van der Waals surface area contributed by atoms with Gasteiger partial charge in [0.2, 0.25) is 0 Å². The van der Waals surface area contributed by atoms with E-state index in [0.29, 0.717) is 11.5 Å². The van der Waals surface area contributed by atoms with Gasteiger partial charge < -0.3 is 5.32 Å². The second-order valence-electron chi connectivity index (χ2n) is 5.56. The quantitative estimate of drug-likeness (QED) is 0.693. The van der Waals surface area contributed by atoms with Gasteiger partial charge in [-0.3, -0.25) is 0 Å². The average Bonchev–Trinajstić information content (AvgIpc) is 1.99. The average molecular weight is 185 g/mol. The molecule has 1 nitrogen and oxygen atoms in total. The van der Waals surface area contributed by atoms with E-state index < -0.39 is 0 Å². The lowest BCUT2D eigenvalue weighted by Gasteiger charge is -2.35. The van der Waals surface area contributed by atoms with Crippen LogP contribution in [0.15, 0.2) is 0 Å². The smallest absolute Gasteiger partial charge is 0.00106 e. The molecule has 0 aliphatic rings. The summed E-state index contributed by atoms with van der Waals surface area (Å²) in [6.45, 7) is 17.2. The molecule has 13 heavy (non-hydrogen) atoms. The molecule has 0 amide bonds. The van der Waals surface area contributed by atoms with Gasteiger partial charge in [-0.05, 0) is 17.3 Å². The topological polar surface area (TPSA) is 12.0 Å². The first kappa shape index (κ1) is 13.0. The van der Waals surface area contributed by atoms with Gasteiger partial charge in [0.15, 0.2) is 0 Å². The molecule has 0 aromatic rings. The van der Waals surface area contributed by atoms with E-state index in [0.717, 1.165) is 18.4 Å². The van der Waals surface area contributed by atoms with E-state index >= 15 is 0 Å². The van der Waals surface area contributed by atoms with Crippen molar-refractivity contribution in [1.82, 2.24) is 5.32 Å². The molecule has 1 atom stereocenters. The Balaban J connectivity index is 4.06. The summed E-state index contributed by atoms with van der Waals surface area (Å²) in [5.41, 5.74) is 0.401. The normalized spacial score (nSPS) is 15.5. The third kappa shape index (κ3) is 4.66. The summed E-state index contributed by atoms with van der Waals surface area (Å²) in [7, 11) is 0. The van der Waals surface area contributed by atoms with Gasteiger partial charge in [-0.15, -0.1) is 0 Å². The number of nitrogens with one attached hydrogen (secondary N) is 1.